The van der Waals surface area contributed by atoms with E-state index in [1.807, 2.05) is 50.2 Å². The predicted molar refractivity (Wildman–Crippen MR) is 80.3 cm³/mol. The van der Waals surface area contributed by atoms with Gasteiger partial charge in [-0.05, 0) is 37.1 Å². The number of hydrogen-bond donors (Lipinski definition) is 2. The molecule has 4 heteroatoms. The van der Waals surface area contributed by atoms with E-state index in [0.29, 0.717) is 11.0 Å². The van der Waals surface area contributed by atoms with Gasteiger partial charge in [0.2, 0.25) is 5.95 Å². The molecule has 0 saturated heterocycles. The van der Waals surface area contributed by atoms with Crippen LogP contribution in [0.4, 0.5) is 11.6 Å². The quantitative estimate of drug-likeness (QED) is 0.716. The Morgan fingerprint density at radius 2 is 1.79 bits per heavy atom. The highest BCUT2D eigenvalue weighted by atomic mass is 35.5. The minimum absolute atomic E-state index is 0.692. The van der Waals surface area contributed by atoms with Crippen molar-refractivity contribution in [2.24, 2.45) is 0 Å². The van der Waals surface area contributed by atoms with Crippen LogP contribution in [0.3, 0.4) is 0 Å². The zero-order valence-electron chi connectivity index (χ0n) is 10.8. The smallest absolute Gasteiger partial charge is 0.205 e. The van der Waals surface area contributed by atoms with Gasteiger partial charge in [0.25, 0.3) is 0 Å². The number of para-hydroxylation sites is 2. The zero-order chi connectivity index (χ0) is 13.4. The highest BCUT2D eigenvalue weighted by molar-refractivity contribution is 6.33. The van der Waals surface area contributed by atoms with Crippen LogP contribution in [0.2, 0.25) is 5.02 Å². The Morgan fingerprint density at radius 1 is 1.05 bits per heavy atom. The van der Waals surface area contributed by atoms with E-state index in [9.17, 15) is 0 Å². The van der Waals surface area contributed by atoms with Crippen LogP contribution in [0, 0.1) is 13.8 Å². The molecule has 0 atom stereocenters. The van der Waals surface area contributed by atoms with Crippen molar-refractivity contribution in [3.05, 3.63) is 52.5 Å². The number of aromatic amines is 1. The molecule has 0 amide bonds. The van der Waals surface area contributed by atoms with Crippen molar-refractivity contribution in [3.8, 4) is 0 Å². The molecular formula is C15H14ClN3. The molecule has 2 N–H and O–H groups in total. The van der Waals surface area contributed by atoms with E-state index in [4.69, 9.17) is 11.6 Å². The molecule has 0 fully saturated rings. The van der Waals surface area contributed by atoms with Crippen molar-refractivity contribution in [2.45, 2.75) is 13.8 Å². The summed E-state index contributed by atoms with van der Waals surface area (Å²) in [6.45, 7) is 4.07. The number of imidazole rings is 1. The molecule has 0 saturated carbocycles. The third-order valence-electron chi connectivity index (χ3n) is 3.18. The number of rotatable bonds is 2. The fourth-order valence-electron chi connectivity index (χ4n) is 2.14. The standard InChI is InChI=1S/C15H14ClN3/c1-9-5-3-7-11(16)13(9)18-15-17-12-8-4-6-10(2)14(12)19-15/h3-8H,1-2H3,(H2,17,18,19). The molecule has 0 aliphatic heterocycles. The van der Waals surface area contributed by atoms with Crippen LogP contribution in [0.5, 0.6) is 0 Å². The van der Waals surface area contributed by atoms with Crippen LogP contribution >= 0.6 is 11.6 Å². The molecule has 3 rings (SSSR count). The Kier molecular flexibility index (Phi) is 2.91. The third kappa shape index (κ3) is 2.17. The number of aryl methyl sites for hydroxylation is 2. The molecule has 96 valence electrons. The van der Waals surface area contributed by atoms with Gasteiger partial charge in [0.15, 0.2) is 0 Å². The summed E-state index contributed by atoms with van der Waals surface area (Å²) in [5.41, 5.74) is 5.13. The molecule has 0 aliphatic rings. The molecule has 1 aromatic heterocycles. The SMILES string of the molecule is Cc1cccc(Cl)c1Nc1nc2c(C)cccc2[nH]1. The van der Waals surface area contributed by atoms with Gasteiger partial charge in [-0.15, -0.1) is 0 Å². The molecule has 3 aromatic rings. The van der Waals surface area contributed by atoms with Gasteiger partial charge in [0, 0.05) is 0 Å². The largest absolute Gasteiger partial charge is 0.324 e. The Morgan fingerprint density at radius 3 is 2.53 bits per heavy atom. The maximum Gasteiger partial charge on any atom is 0.205 e. The molecular weight excluding hydrogens is 258 g/mol. The van der Waals surface area contributed by atoms with E-state index in [1.54, 1.807) is 0 Å². The normalized spacial score (nSPS) is 10.9. The second kappa shape index (κ2) is 4.59. The van der Waals surface area contributed by atoms with Gasteiger partial charge in [-0.2, -0.15) is 0 Å². The lowest BCUT2D eigenvalue weighted by molar-refractivity contribution is 1.29. The number of hydrogen-bond acceptors (Lipinski definition) is 2. The summed E-state index contributed by atoms with van der Waals surface area (Å²) in [5.74, 6) is 0.709. The lowest BCUT2D eigenvalue weighted by Gasteiger charge is -2.08. The first-order valence-electron chi connectivity index (χ1n) is 6.12. The fourth-order valence-corrected chi connectivity index (χ4v) is 2.41. The van der Waals surface area contributed by atoms with E-state index in [2.05, 4.69) is 15.3 Å². The van der Waals surface area contributed by atoms with Gasteiger partial charge < -0.3 is 10.3 Å². The minimum atomic E-state index is 0.692. The number of anilines is 2. The Bertz CT molecular complexity index is 726. The number of H-pyrrole nitrogens is 1. The molecule has 19 heavy (non-hydrogen) atoms. The van der Waals surface area contributed by atoms with Crippen LogP contribution in [0.1, 0.15) is 11.1 Å². The second-order valence-corrected chi connectivity index (χ2v) is 5.02. The third-order valence-corrected chi connectivity index (χ3v) is 3.49. The van der Waals surface area contributed by atoms with E-state index >= 15 is 0 Å². The van der Waals surface area contributed by atoms with Gasteiger partial charge in [0.05, 0.1) is 21.7 Å². The van der Waals surface area contributed by atoms with Crippen LogP contribution in [-0.4, -0.2) is 9.97 Å². The molecule has 0 spiro atoms. The molecule has 0 radical (unpaired) electrons. The van der Waals surface area contributed by atoms with E-state index in [0.717, 1.165) is 27.8 Å². The monoisotopic (exact) mass is 271 g/mol. The van der Waals surface area contributed by atoms with Gasteiger partial charge >= 0.3 is 0 Å². The Labute approximate surface area is 116 Å². The number of nitrogens with zero attached hydrogens (tertiary/aromatic N) is 1. The van der Waals surface area contributed by atoms with Crippen molar-refractivity contribution < 1.29 is 0 Å². The predicted octanol–water partition coefficient (Wildman–Crippen LogP) is 4.58. The molecule has 1 heterocycles. The summed E-state index contributed by atoms with van der Waals surface area (Å²) in [5, 5.41) is 3.95. The summed E-state index contributed by atoms with van der Waals surface area (Å²) in [4.78, 5) is 7.82. The maximum absolute atomic E-state index is 6.21. The van der Waals surface area contributed by atoms with Crippen LogP contribution in [0.25, 0.3) is 11.0 Å². The summed E-state index contributed by atoms with van der Waals surface area (Å²) < 4.78 is 0. The molecule has 0 unspecified atom stereocenters. The van der Waals surface area contributed by atoms with Crippen molar-refractivity contribution in [1.29, 1.82) is 0 Å². The second-order valence-electron chi connectivity index (χ2n) is 4.61. The number of fused-ring (bicyclic) bond motifs is 1. The van der Waals surface area contributed by atoms with Crippen molar-refractivity contribution >= 4 is 34.3 Å². The maximum atomic E-state index is 6.21. The van der Waals surface area contributed by atoms with Crippen molar-refractivity contribution in [2.75, 3.05) is 5.32 Å². The van der Waals surface area contributed by atoms with Crippen LogP contribution < -0.4 is 5.32 Å². The first kappa shape index (κ1) is 12.1. The summed E-state index contributed by atoms with van der Waals surface area (Å²) >= 11 is 6.21. The van der Waals surface area contributed by atoms with Gasteiger partial charge in [-0.1, -0.05) is 35.9 Å². The molecule has 2 aromatic carbocycles. The average Bonchev–Trinajstić information content (AvgIpc) is 2.78. The summed E-state index contributed by atoms with van der Waals surface area (Å²) in [6.07, 6.45) is 0. The molecule has 0 bridgehead atoms. The number of halogens is 1. The number of nitrogens with one attached hydrogen (secondary N) is 2. The minimum Gasteiger partial charge on any atom is -0.324 e. The fraction of sp³-hybridized carbons (Fsp3) is 0.133. The van der Waals surface area contributed by atoms with Gasteiger partial charge in [-0.3, -0.25) is 0 Å². The highest BCUT2D eigenvalue weighted by Gasteiger charge is 2.08. The Balaban J connectivity index is 2.04. The van der Waals surface area contributed by atoms with E-state index < -0.39 is 0 Å². The van der Waals surface area contributed by atoms with Gasteiger partial charge in [0.1, 0.15) is 0 Å². The van der Waals surface area contributed by atoms with Crippen molar-refractivity contribution in [3.63, 3.8) is 0 Å². The molecule has 0 aliphatic carbocycles. The van der Waals surface area contributed by atoms with Crippen LogP contribution in [-0.2, 0) is 0 Å². The number of benzene rings is 2. The molecule has 3 nitrogen and oxygen atoms in total. The van der Waals surface area contributed by atoms with Crippen LogP contribution in [0.15, 0.2) is 36.4 Å². The first-order valence-corrected chi connectivity index (χ1v) is 6.50. The lowest BCUT2D eigenvalue weighted by atomic mass is 10.2. The summed E-state index contributed by atoms with van der Waals surface area (Å²) in [7, 11) is 0. The highest BCUT2D eigenvalue weighted by Crippen LogP contribution is 2.28. The topological polar surface area (TPSA) is 40.7 Å². The van der Waals surface area contributed by atoms with E-state index in [-0.39, 0.29) is 0 Å². The van der Waals surface area contributed by atoms with E-state index in [1.165, 1.54) is 0 Å². The zero-order valence-corrected chi connectivity index (χ0v) is 11.5. The lowest BCUT2D eigenvalue weighted by Crippen LogP contribution is -1.95. The number of aromatic nitrogens is 2. The van der Waals surface area contributed by atoms with Gasteiger partial charge in [-0.25, -0.2) is 4.98 Å². The first-order chi connectivity index (χ1) is 9.15. The van der Waals surface area contributed by atoms with Crippen molar-refractivity contribution in [1.82, 2.24) is 9.97 Å². The summed E-state index contributed by atoms with van der Waals surface area (Å²) in [6, 6.07) is 11.9. The Hall–Kier alpha value is -2.00. The average molecular weight is 272 g/mol.